The largest absolute Gasteiger partial charge is 0.493 e. The summed E-state index contributed by atoms with van der Waals surface area (Å²) in [6, 6.07) is 6.77. The highest BCUT2D eigenvalue weighted by Crippen LogP contribution is 2.31. The molecule has 3 fully saturated rings. The Morgan fingerprint density at radius 3 is 2.38 bits per heavy atom. The van der Waals surface area contributed by atoms with Crippen LogP contribution in [0.3, 0.4) is 0 Å². The number of halogens is 4. The van der Waals surface area contributed by atoms with Crippen LogP contribution < -0.4 is 14.8 Å². The number of alkyl halides is 2. The van der Waals surface area contributed by atoms with E-state index in [9.17, 15) is 13.9 Å². The fraction of sp³-hybridized carbons (Fsp3) is 0.727. The lowest BCUT2D eigenvalue weighted by molar-refractivity contribution is -0.0566. The number of piperazine rings is 1. The van der Waals surface area contributed by atoms with Gasteiger partial charge in [0.15, 0.2) is 11.5 Å². The Morgan fingerprint density at radius 2 is 1.75 bits per heavy atom. The SMILES string of the molecule is COc1cc(CN2CCC(F)(F)CC2)ccc1OCC(O)CN1C[C@H]2CC[C@@H](C1)N2.Cl.Cl. The first-order valence-electron chi connectivity index (χ1n) is 11.0. The lowest BCUT2D eigenvalue weighted by Gasteiger charge is -2.34. The van der Waals surface area contributed by atoms with Gasteiger partial charge in [0.25, 0.3) is 5.92 Å². The zero-order valence-corrected chi connectivity index (χ0v) is 20.1. The molecule has 0 aromatic heterocycles. The van der Waals surface area contributed by atoms with Crippen molar-refractivity contribution in [2.75, 3.05) is 46.4 Å². The Labute approximate surface area is 201 Å². The van der Waals surface area contributed by atoms with Crippen molar-refractivity contribution >= 4 is 24.8 Å². The van der Waals surface area contributed by atoms with Gasteiger partial charge in [-0.25, -0.2) is 8.78 Å². The van der Waals surface area contributed by atoms with Gasteiger partial charge >= 0.3 is 0 Å². The molecule has 3 aliphatic rings. The summed E-state index contributed by atoms with van der Waals surface area (Å²) in [7, 11) is 1.58. The lowest BCUT2D eigenvalue weighted by atomic mass is 10.1. The van der Waals surface area contributed by atoms with E-state index in [1.807, 2.05) is 23.1 Å². The van der Waals surface area contributed by atoms with Gasteiger partial charge in [-0.05, 0) is 30.5 Å². The van der Waals surface area contributed by atoms with Gasteiger partial charge in [-0.2, -0.15) is 0 Å². The number of piperidine rings is 1. The number of likely N-dealkylation sites (tertiary alicyclic amines) is 2. The van der Waals surface area contributed by atoms with Crippen molar-refractivity contribution < 1.29 is 23.4 Å². The summed E-state index contributed by atoms with van der Waals surface area (Å²) >= 11 is 0. The van der Waals surface area contributed by atoms with Gasteiger partial charge in [0, 0.05) is 64.2 Å². The number of rotatable bonds is 8. The number of nitrogens with one attached hydrogen (secondary N) is 1. The van der Waals surface area contributed by atoms with Crippen molar-refractivity contribution in [1.29, 1.82) is 0 Å². The Hall–Kier alpha value is -0.900. The average molecular weight is 498 g/mol. The first-order valence-corrected chi connectivity index (χ1v) is 11.0. The van der Waals surface area contributed by atoms with E-state index in [4.69, 9.17) is 9.47 Å². The molecule has 3 aliphatic heterocycles. The van der Waals surface area contributed by atoms with Crippen molar-refractivity contribution in [1.82, 2.24) is 15.1 Å². The second-order valence-corrected chi connectivity index (χ2v) is 8.94. The van der Waals surface area contributed by atoms with Crippen LogP contribution >= 0.6 is 24.8 Å². The van der Waals surface area contributed by atoms with Crippen LogP contribution in [0.2, 0.25) is 0 Å². The smallest absolute Gasteiger partial charge is 0.250 e. The van der Waals surface area contributed by atoms with Crippen molar-refractivity contribution in [3.8, 4) is 11.5 Å². The van der Waals surface area contributed by atoms with Crippen LogP contribution in [0.5, 0.6) is 11.5 Å². The number of aliphatic hydroxyl groups is 1. The minimum absolute atomic E-state index is 0. The van der Waals surface area contributed by atoms with E-state index >= 15 is 0 Å². The van der Waals surface area contributed by atoms with Crippen LogP contribution in [0, 0.1) is 0 Å². The summed E-state index contributed by atoms with van der Waals surface area (Å²) in [5.41, 5.74) is 1.00. The molecular formula is C22H35Cl2F2N3O3. The number of hydrogen-bond donors (Lipinski definition) is 2. The summed E-state index contributed by atoms with van der Waals surface area (Å²) in [5.74, 6) is -1.34. The fourth-order valence-corrected chi connectivity index (χ4v) is 4.80. The van der Waals surface area contributed by atoms with E-state index < -0.39 is 12.0 Å². The summed E-state index contributed by atoms with van der Waals surface area (Å²) in [6.07, 6.45) is 1.70. The molecule has 3 heterocycles. The number of hydrogen-bond acceptors (Lipinski definition) is 6. The molecule has 1 aromatic carbocycles. The first kappa shape index (κ1) is 27.3. The van der Waals surface area contributed by atoms with Crippen LogP contribution in [-0.4, -0.2) is 85.5 Å². The van der Waals surface area contributed by atoms with Crippen molar-refractivity contribution in [3.63, 3.8) is 0 Å². The van der Waals surface area contributed by atoms with Crippen LogP contribution in [-0.2, 0) is 6.54 Å². The predicted molar refractivity (Wildman–Crippen MR) is 125 cm³/mol. The van der Waals surface area contributed by atoms with Crippen molar-refractivity contribution in [2.24, 2.45) is 0 Å². The summed E-state index contributed by atoms with van der Waals surface area (Å²) < 4.78 is 38.0. The second kappa shape index (κ2) is 12.0. The summed E-state index contributed by atoms with van der Waals surface area (Å²) in [6.45, 7) is 4.18. The number of methoxy groups -OCH3 is 1. The molecule has 0 spiro atoms. The third-order valence-electron chi connectivity index (χ3n) is 6.41. The zero-order chi connectivity index (χ0) is 21.1. The molecule has 4 rings (SSSR count). The fourth-order valence-electron chi connectivity index (χ4n) is 4.80. The maximum atomic E-state index is 13.3. The van der Waals surface area contributed by atoms with E-state index in [-0.39, 0.29) is 44.3 Å². The predicted octanol–water partition coefficient (Wildman–Crippen LogP) is 2.95. The summed E-state index contributed by atoms with van der Waals surface area (Å²) in [4.78, 5) is 4.35. The molecule has 2 bridgehead atoms. The van der Waals surface area contributed by atoms with Crippen LogP contribution in [0.1, 0.15) is 31.2 Å². The monoisotopic (exact) mass is 497 g/mol. The standard InChI is InChI=1S/C22H33F2N3O3.2ClH/c1-29-21-10-16(11-26-8-6-22(23,24)7-9-26)2-5-20(21)30-15-19(28)14-27-12-17-3-4-18(13-27)25-17;;/h2,5,10,17-19,25,28H,3-4,6-9,11-15H2,1H3;2*1H/t17-,18+,19?;;. The van der Waals surface area contributed by atoms with Gasteiger partial charge in [-0.15, -0.1) is 24.8 Å². The number of β-amino-alcohol motifs (C(OH)–C–C–N with tert-alkyl or cyclic N) is 1. The molecule has 1 unspecified atom stereocenters. The normalized spacial score (nSPS) is 26.0. The molecule has 1 aromatic rings. The molecular weight excluding hydrogens is 463 g/mol. The molecule has 32 heavy (non-hydrogen) atoms. The van der Waals surface area contributed by atoms with E-state index in [1.54, 1.807) is 7.11 Å². The molecule has 0 aliphatic carbocycles. The molecule has 0 radical (unpaired) electrons. The molecule has 184 valence electrons. The van der Waals surface area contributed by atoms with Gasteiger partial charge in [0.2, 0.25) is 0 Å². The zero-order valence-electron chi connectivity index (χ0n) is 18.5. The highest BCUT2D eigenvalue weighted by molar-refractivity contribution is 5.85. The molecule has 3 atom stereocenters. The highest BCUT2D eigenvalue weighted by atomic mass is 35.5. The first-order chi connectivity index (χ1) is 14.4. The number of nitrogens with zero attached hydrogens (tertiary/aromatic N) is 2. The van der Waals surface area contributed by atoms with E-state index in [0.29, 0.717) is 49.8 Å². The Bertz CT molecular complexity index is 710. The van der Waals surface area contributed by atoms with E-state index in [1.165, 1.54) is 12.8 Å². The molecule has 3 saturated heterocycles. The molecule has 2 N–H and O–H groups in total. The highest BCUT2D eigenvalue weighted by Gasteiger charge is 2.34. The Kier molecular flexibility index (Phi) is 10.2. The van der Waals surface area contributed by atoms with Gasteiger partial charge in [0.1, 0.15) is 12.7 Å². The van der Waals surface area contributed by atoms with Gasteiger partial charge < -0.3 is 19.9 Å². The molecule has 6 nitrogen and oxygen atoms in total. The topological polar surface area (TPSA) is 57.2 Å². The number of aliphatic hydroxyl groups excluding tert-OH is 1. The minimum Gasteiger partial charge on any atom is -0.493 e. The van der Waals surface area contributed by atoms with Gasteiger partial charge in [-0.3, -0.25) is 9.80 Å². The Balaban J connectivity index is 0.00000181. The van der Waals surface area contributed by atoms with Crippen molar-refractivity contribution in [3.05, 3.63) is 23.8 Å². The third kappa shape index (κ3) is 7.30. The number of fused-ring (bicyclic) bond motifs is 2. The minimum atomic E-state index is -2.53. The van der Waals surface area contributed by atoms with Crippen LogP contribution in [0.25, 0.3) is 0 Å². The second-order valence-electron chi connectivity index (χ2n) is 8.94. The van der Waals surface area contributed by atoms with Crippen LogP contribution in [0.15, 0.2) is 18.2 Å². The van der Waals surface area contributed by atoms with Gasteiger partial charge in [0.05, 0.1) is 7.11 Å². The number of ether oxygens (including phenoxy) is 2. The summed E-state index contributed by atoms with van der Waals surface area (Å²) in [5, 5.41) is 14.0. The number of benzene rings is 1. The van der Waals surface area contributed by atoms with Crippen LogP contribution in [0.4, 0.5) is 8.78 Å². The van der Waals surface area contributed by atoms with Crippen molar-refractivity contribution in [2.45, 2.75) is 56.3 Å². The molecule has 0 saturated carbocycles. The maximum Gasteiger partial charge on any atom is 0.250 e. The molecule has 10 heteroatoms. The third-order valence-corrected chi connectivity index (χ3v) is 6.41. The van der Waals surface area contributed by atoms with E-state index in [0.717, 1.165) is 18.7 Å². The lowest BCUT2D eigenvalue weighted by Crippen LogP contribution is -2.53. The maximum absolute atomic E-state index is 13.3. The molecule has 0 amide bonds. The van der Waals surface area contributed by atoms with Gasteiger partial charge in [-0.1, -0.05) is 6.07 Å². The quantitative estimate of drug-likeness (QED) is 0.575. The van der Waals surface area contributed by atoms with E-state index in [2.05, 4.69) is 10.2 Å². The Morgan fingerprint density at radius 1 is 1.09 bits per heavy atom. The average Bonchev–Trinajstić information content (AvgIpc) is 3.06.